The number of benzene rings is 1. The monoisotopic (exact) mass is 320 g/mol. The molecule has 0 saturated heterocycles. The first-order chi connectivity index (χ1) is 10.6. The molecule has 0 aliphatic rings. The molecule has 2 aromatic rings. The molecule has 0 atom stereocenters. The van der Waals surface area contributed by atoms with Crippen molar-refractivity contribution in [3.05, 3.63) is 57.5 Å². The van der Waals surface area contributed by atoms with Gasteiger partial charge in [0.05, 0.1) is 0 Å². The Morgan fingerprint density at radius 3 is 2.73 bits per heavy atom. The topological polar surface area (TPSA) is 58.2 Å². The van der Waals surface area contributed by atoms with Gasteiger partial charge >= 0.3 is 0 Å². The van der Waals surface area contributed by atoms with Gasteiger partial charge in [0.15, 0.2) is 0 Å². The molecule has 0 fully saturated rings. The van der Waals surface area contributed by atoms with Crippen molar-refractivity contribution in [1.82, 2.24) is 10.6 Å². The number of carbonyl (C=O) groups excluding carboxylic acids is 2. The highest BCUT2D eigenvalue weighted by Gasteiger charge is 2.07. The van der Waals surface area contributed by atoms with Crippen molar-refractivity contribution in [1.29, 1.82) is 0 Å². The van der Waals surface area contributed by atoms with Crippen molar-refractivity contribution in [2.24, 2.45) is 0 Å². The third-order valence-corrected chi connectivity index (χ3v) is 3.83. The number of aryl methyl sites for hydroxylation is 1. The Morgan fingerprint density at radius 2 is 2.05 bits per heavy atom. The fourth-order valence-corrected chi connectivity index (χ4v) is 2.46. The molecule has 4 nitrogen and oxygen atoms in total. The van der Waals surface area contributed by atoms with Gasteiger partial charge in [0.25, 0.3) is 5.91 Å². The summed E-state index contributed by atoms with van der Waals surface area (Å²) in [6.45, 7) is 2.23. The lowest BCUT2D eigenvalue weighted by atomic mass is 10.1. The number of carbonyl (C=O) groups is 2. The van der Waals surface area contributed by atoms with Gasteiger partial charge in [0, 0.05) is 30.5 Å². The maximum atomic E-state index is 13.4. The number of halogens is 1. The molecule has 2 N–H and O–H groups in total. The van der Waals surface area contributed by atoms with E-state index < -0.39 is 0 Å². The van der Waals surface area contributed by atoms with E-state index in [-0.39, 0.29) is 37.1 Å². The maximum absolute atomic E-state index is 13.4. The fraction of sp³-hybridized carbons (Fsp3) is 0.250. The Kier molecular flexibility index (Phi) is 5.66. The van der Waals surface area contributed by atoms with Crippen LogP contribution in [0.2, 0.25) is 0 Å². The van der Waals surface area contributed by atoms with Crippen molar-refractivity contribution >= 4 is 23.2 Å². The maximum Gasteiger partial charge on any atom is 0.252 e. The Morgan fingerprint density at radius 1 is 1.23 bits per heavy atom. The van der Waals surface area contributed by atoms with Gasteiger partial charge in [-0.15, -0.1) is 0 Å². The van der Waals surface area contributed by atoms with Crippen LogP contribution >= 0.6 is 11.3 Å². The standard InChI is InChI=1S/C16H17FN2O2S/c1-11-2-3-12(8-14(11)17)9-19-15(20)4-6-18-16(21)13-5-7-22-10-13/h2-3,5,7-8,10H,4,6,9H2,1H3,(H,18,21)(H,19,20). The van der Waals surface area contributed by atoms with E-state index in [0.717, 1.165) is 0 Å². The van der Waals surface area contributed by atoms with Crippen molar-refractivity contribution in [2.75, 3.05) is 6.54 Å². The highest BCUT2D eigenvalue weighted by atomic mass is 32.1. The lowest BCUT2D eigenvalue weighted by Gasteiger charge is -2.07. The molecule has 0 bridgehead atoms. The van der Waals surface area contributed by atoms with Gasteiger partial charge in [-0.25, -0.2) is 4.39 Å². The molecular weight excluding hydrogens is 303 g/mol. The van der Waals surface area contributed by atoms with Gasteiger partial charge in [-0.05, 0) is 35.6 Å². The summed E-state index contributed by atoms with van der Waals surface area (Å²) < 4.78 is 13.4. The molecule has 1 heterocycles. The molecule has 1 aromatic heterocycles. The zero-order chi connectivity index (χ0) is 15.9. The molecule has 2 amide bonds. The average Bonchev–Trinajstić information content (AvgIpc) is 3.03. The van der Waals surface area contributed by atoms with E-state index >= 15 is 0 Å². The molecule has 2 rings (SSSR count). The van der Waals surface area contributed by atoms with Crippen LogP contribution in [0.3, 0.4) is 0 Å². The largest absolute Gasteiger partial charge is 0.352 e. The summed E-state index contributed by atoms with van der Waals surface area (Å²) in [6.07, 6.45) is 0.185. The second-order valence-corrected chi connectivity index (χ2v) is 5.66. The molecule has 0 unspecified atom stereocenters. The lowest BCUT2D eigenvalue weighted by molar-refractivity contribution is -0.121. The number of hydrogen-bond donors (Lipinski definition) is 2. The summed E-state index contributed by atoms with van der Waals surface area (Å²) in [5, 5.41) is 8.95. The Bertz CT molecular complexity index is 656. The van der Waals surface area contributed by atoms with Crippen LogP contribution in [0.4, 0.5) is 4.39 Å². The number of nitrogens with one attached hydrogen (secondary N) is 2. The van der Waals surface area contributed by atoms with Crippen LogP contribution in [0.25, 0.3) is 0 Å². The minimum Gasteiger partial charge on any atom is -0.352 e. The second-order valence-electron chi connectivity index (χ2n) is 4.88. The average molecular weight is 320 g/mol. The minimum atomic E-state index is -0.283. The van der Waals surface area contributed by atoms with Crippen LogP contribution in [0.15, 0.2) is 35.0 Å². The highest BCUT2D eigenvalue weighted by molar-refractivity contribution is 7.08. The summed E-state index contributed by atoms with van der Waals surface area (Å²) in [5.41, 5.74) is 1.88. The third kappa shape index (κ3) is 4.66. The molecule has 1 aromatic carbocycles. The molecule has 116 valence electrons. The van der Waals surface area contributed by atoms with E-state index in [4.69, 9.17) is 0 Å². The fourth-order valence-electron chi connectivity index (χ4n) is 1.82. The predicted molar refractivity (Wildman–Crippen MR) is 84.3 cm³/mol. The molecule has 0 spiro atoms. The molecule has 0 saturated carbocycles. The number of amides is 2. The minimum absolute atomic E-state index is 0.185. The van der Waals surface area contributed by atoms with Gasteiger partial charge in [0.1, 0.15) is 5.82 Å². The first kappa shape index (κ1) is 16.2. The first-order valence-electron chi connectivity index (χ1n) is 6.88. The molecule has 0 radical (unpaired) electrons. The van der Waals surface area contributed by atoms with Crippen molar-refractivity contribution < 1.29 is 14.0 Å². The Hall–Kier alpha value is -2.21. The van der Waals surface area contributed by atoms with Gasteiger partial charge < -0.3 is 10.6 Å². The van der Waals surface area contributed by atoms with Crippen molar-refractivity contribution in [3.8, 4) is 0 Å². The molecule has 0 aliphatic carbocycles. The first-order valence-corrected chi connectivity index (χ1v) is 7.82. The van der Waals surface area contributed by atoms with Crippen LogP contribution in [-0.4, -0.2) is 18.4 Å². The molecular formula is C16H17FN2O2S. The normalized spacial score (nSPS) is 10.3. The zero-order valence-electron chi connectivity index (χ0n) is 12.2. The van der Waals surface area contributed by atoms with Gasteiger partial charge in [-0.1, -0.05) is 12.1 Å². The van der Waals surface area contributed by atoms with Gasteiger partial charge in [-0.3, -0.25) is 9.59 Å². The van der Waals surface area contributed by atoms with Crippen LogP contribution in [-0.2, 0) is 11.3 Å². The summed E-state index contributed by atoms with van der Waals surface area (Å²) in [5.74, 6) is -0.656. The van der Waals surface area contributed by atoms with Crippen LogP contribution < -0.4 is 10.6 Å². The SMILES string of the molecule is Cc1ccc(CNC(=O)CCNC(=O)c2ccsc2)cc1F. The number of rotatable bonds is 6. The van der Waals surface area contributed by atoms with Gasteiger partial charge in [-0.2, -0.15) is 11.3 Å². The molecule has 6 heteroatoms. The second kappa shape index (κ2) is 7.70. The lowest BCUT2D eigenvalue weighted by Crippen LogP contribution is -2.30. The van der Waals surface area contributed by atoms with E-state index in [9.17, 15) is 14.0 Å². The Balaban J connectivity index is 1.69. The Labute approximate surface area is 132 Å². The van der Waals surface area contributed by atoms with Crippen LogP contribution in [0, 0.1) is 12.7 Å². The summed E-state index contributed by atoms with van der Waals surface area (Å²) >= 11 is 1.44. The third-order valence-electron chi connectivity index (χ3n) is 3.15. The molecule has 22 heavy (non-hydrogen) atoms. The zero-order valence-corrected chi connectivity index (χ0v) is 13.0. The van der Waals surface area contributed by atoms with E-state index in [2.05, 4.69) is 10.6 Å². The predicted octanol–water partition coefficient (Wildman–Crippen LogP) is 2.63. The van der Waals surface area contributed by atoms with E-state index in [1.54, 1.807) is 30.5 Å². The van der Waals surface area contributed by atoms with Crippen LogP contribution in [0.5, 0.6) is 0 Å². The van der Waals surface area contributed by atoms with Crippen LogP contribution in [0.1, 0.15) is 27.9 Å². The molecule has 0 aliphatic heterocycles. The summed E-state index contributed by atoms with van der Waals surface area (Å²) in [7, 11) is 0. The summed E-state index contributed by atoms with van der Waals surface area (Å²) in [4.78, 5) is 23.3. The summed E-state index contributed by atoms with van der Waals surface area (Å²) in [6, 6.07) is 6.59. The quantitative estimate of drug-likeness (QED) is 0.859. The smallest absolute Gasteiger partial charge is 0.252 e. The number of thiophene rings is 1. The number of hydrogen-bond acceptors (Lipinski definition) is 3. The van der Waals surface area contributed by atoms with Crippen molar-refractivity contribution in [3.63, 3.8) is 0 Å². The van der Waals surface area contributed by atoms with E-state index in [1.807, 2.05) is 5.38 Å². The van der Waals surface area contributed by atoms with E-state index in [0.29, 0.717) is 16.7 Å². The van der Waals surface area contributed by atoms with Crippen molar-refractivity contribution in [2.45, 2.75) is 19.9 Å². The van der Waals surface area contributed by atoms with Gasteiger partial charge in [0.2, 0.25) is 5.91 Å². The highest BCUT2D eigenvalue weighted by Crippen LogP contribution is 2.09. The van der Waals surface area contributed by atoms with E-state index in [1.165, 1.54) is 17.4 Å².